The van der Waals surface area contributed by atoms with Crippen LogP contribution in [0.3, 0.4) is 0 Å². The summed E-state index contributed by atoms with van der Waals surface area (Å²) in [6.45, 7) is -6.33. The molecule has 1 aromatic rings. The number of hydrogen-bond donors (Lipinski definition) is 0. The Kier molecular flexibility index (Phi) is 0.460. The largest absolute Gasteiger partial charge is 0.0561 e. The van der Waals surface area contributed by atoms with Crippen LogP contribution in [0.4, 0.5) is 0 Å². The first-order valence-corrected chi connectivity index (χ1v) is 2.90. The number of hydrogen-bond acceptors (Lipinski definition) is 0. The minimum Gasteiger partial charge on any atom is -0.0561 e. The highest BCUT2D eigenvalue weighted by Gasteiger charge is 1.95. The monoisotopic (exact) mass is 143 g/mol. The quantitative estimate of drug-likeness (QED) is 0.524. The summed E-state index contributed by atoms with van der Waals surface area (Å²) in [5, 5.41) is 0. The maximum atomic E-state index is 7.40. The van der Waals surface area contributed by atoms with E-state index >= 15 is 0 Å². The normalized spacial score (nSPS) is 27.1. The van der Waals surface area contributed by atoms with Crippen LogP contribution in [-0.4, -0.2) is 0 Å². The highest BCUT2D eigenvalue weighted by atomic mass is 14.0. The Balaban J connectivity index is 3.68. The van der Waals surface area contributed by atoms with Crippen molar-refractivity contribution in [1.29, 1.82) is 0 Å². The molecule has 1 rings (SSSR count). The molecule has 0 fully saturated rings. The molecule has 0 saturated heterocycles. The van der Waals surface area contributed by atoms with Gasteiger partial charge in [0, 0.05) is 12.3 Å². The van der Waals surface area contributed by atoms with E-state index in [0.29, 0.717) is 0 Å². The van der Waals surface area contributed by atoms with Crippen molar-refractivity contribution < 1.29 is 12.3 Å². The van der Waals surface area contributed by atoms with Gasteiger partial charge >= 0.3 is 0 Å². The smallest absolute Gasteiger partial charge is 0.0280 e. The summed E-state index contributed by atoms with van der Waals surface area (Å²) in [6, 6.07) is 2.17. The Hall–Kier alpha value is -0.780. The van der Waals surface area contributed by atoms with E-state index in [0.717, 1.165) is 6.07 Å². The van der Waals surface area contributed by atoms with Crippen LogP contribution < -0.4 is 0 Å². The fraction of sp³-hybridized carbons (Fsp3) is 0.400. The molecule has 0 aliphatic heterocycles. The maximum Gasteiger partial charge on any atom is 0.0280 e. The first kappa shape index (κ1) is 1.88. The van der Waals surface area contributed by atoms with E-state index in [-0.39, 0.29) is 16.7 Å². The molecule has 0 aromatic heterocycles. The summed E-state index contributed by atoms with van der Waals surface area (Å²) in [6.07, 6.45) is 0. The van der Waals surface area contributed by atoms with Gasteiger partial charge in [-0.15, -0.1) is 0 Å². The van der Waals surface area contributed by atoms with Crippen molar-refractivity contribution in [2.45, 2.75) is 27.5 Å². The highest BCUT2D eigenvalue weighted by molar-refractivity contribution is 5.35. The van der Waals surface area contributed by atoms with Gasteiger partial charge in [-0.2, -0.15) is 0 Å². The van der Waals surface area contributed by atoms with E-state index < -0.39 is 26.1 Å². The van der Waals surface area contributed by atoms with Gasteiger partial charge < -0.3 is 0 Å². The lowest BCUT2D eigenvalue weighted by atomic mass is 10.0. The van der Waals surface area contributed by atoms with E-state index in [1.54, 1.807) is 0 Å². The van der Waals surface area contributed by atoms with Gasteiger partial charge in [-0.25, -0.2) is 0 Å². The predicted octanol–water partition coefficient (Wildman–Crippen LogP) is 2.92. The standard InChI is InChI=1S/C10H14/c1-7-5-8(2)10(4)9(3)6-7/h5-6H,1-4H3/i1D3,2D3,4D3. The third-order valence-corrected chi connectivity index (χ3v) is 1.34. The van der Waals surface area contributed by atoms with Gasteiger partial charge in [-0.05, 0) is 44.2 Å². The summed E-state index contributed by atoms with van der Waals surface area (Å²) in [5.41, 5.74) is -0.719. The lowest BCUT2D eigenvalue weighted by Gasteiger charge is -2.04. The number of aryl methyl sites for hydroxylation is 3. The summed E-state index contributed by atoms with van der Waals surface area (Å²) in [5.74, 6) is 0. The second kappa shape index (κ2) is 2.45. The molecule has 0 saturated carbocycles. The molecule has 0 atom stereocenters. The zero-order valence-corrected chi connectivity index (χ0v) is 5.65. The molecule has 0 radical (unpaired) electrons. The summed E-state index contributed by atoms with van der Waals surface area (Å²) in [4.78, 5) is 0. The Morgan fingerprint density at radius 1 is 1.10 bits per heavy atom. The van der Waals surface area contributed by atoms with Crippen molar-refractivity contribution in [2.24, 2.45) is 0 Å². The molecule has 0 nitrogen and oxygen atoms in total. The zero-order valence-electron chi connectivity index (χ0n) is 14.7. The fourth-order valence-electron chi connectivity index (χ4n) is 0.787. The van der Waals surface area contributed by atoms with Gasteiger partial charge in [-0.3, -0.25) is 0 Å². The SMILES string of the molecule is [2H]C([2H])([2H])c1cc(C)c(C([2H])([2H])[2H])c(C([2H])([2H])[2H])c1. The third kappa shape index (κ3) is 1.21. The maximum absolute atomic E-state index is 7.40. The molecule has 0 aliphatic carbocycles. The van der Waals surface area contributed by atoms with Gasteiger partial charge in [-0.1, -0.05) is 17.7 Å². The van der Waals surface area contributed by atoms with Crippen LogP contribution in [0, 0.1) is 27.5 Å². The minimum atomic E-state index is -2.67. The molecule has 1 aromatic carbocycles. The van der Waals surface area contributed by atoms with Crippen molar-refractivity contribution in [2.75, 3.05) is 0 Å². The van der Waals surface area contributed by atoms with Crippen LogP contribution in [0.15, 0.2) is 12.1 Å². The fourth-order valence-corrected chi connectivity index (χ4v) is 0.787. The molecule has 10 heavy (non-hydrogen) atoms. The van der Waals surface area contributed by atoms with E-state index in [1.165, 1.54) is 13.0 Å². The van der Waals surface area contributed by atoms with E-state index in [1.807, 2.05) is 0 Å². The summed E-state index contributed by atoms with van der Waals surface area (Å²) < 4.78 is 66.3. The van der Waals surface area contributed by atoms with Crippen LogP contribution in [0.5, 0.6) is 0 Å². The van der Waals surface area contributed by atoms with Gasteiger partial charge in [0.25, 0.3) is 0 Å². The lowest BCUT2D eigenvalue weighted by molar-refractivity contribution is 1.23. The second-order valence-electron chi connectivity index (χ2n) is 2.22. The number of benzene rings is 1. The van der Waals surface area contributed by atoms with E-state index in [4.69, 9.17) is 12.3 Å². The van der Waals surface area contributed by atoms with Crippen LogP contribution in [0.1, 0.15) is 34.6 Å². The lowest BCUT2D eigenvalue weighted by Crippen LogP contribution is -1.86. The van der Waals surface area contributed by atoms with Crippen LogP contribution in [0.25, 0.3) is 0 Å². The molecule has 0 bridgehead atoms. The molecule has 0 unspecified atom stereocenters. The molecule has 0 spiro atoms. The van der Waals surface area contributed by atoms with Gasteiger partial charge in [0.15, 0.2) is 0 Å². The average Bonchev–Trinajstić information content (AvgIpc) is 2.11. The Labute approximate surface area is 75.5 Å². The molecule has 0 amide bonds. The van der Waals surface area contributed by atoms with Crippen molar-refractivity contribution in [3.63, 3.8) is 0 Å². The zero-order chi connectivity index (χ0) is 15.2. The van der Waals surface area contributed by atoms with Gasteiger partial charge in [0.05, 0.1) is 0 Å². The second-order valence-corrected chi connectivity index (χ2v) is 2.22. The Morgan fingerprint density at radius 3 is 2.50 bits per heavy atom. The molecular weight excluding hydrogens is 120 g/mol. The number of rotatable bonds is 0. The summed E-state index contributed by atoms with van der Waals surface area (Å²) in [7, 11) is 0. The topological polar surface area (TPSA) is 0 Å². The van der Waals surface area contributed by atoms with Crippen molar-refractivity contribution >= 4 is 0 Å². The van der Waals surface area contributed by atoms with Gasteiger partial charge in [0.1, 0.15) is 0 Å². The van der Waals surface area contributed by atoms with Crippen LogP contribution in [-0.2, 0) is 0 Å². The predicted molar refractivity (Wildman–Crippen MR) is 45.4 cm³/mol. The molecule has 0 N–H and O–H groups in total. The first-order chi connectivity index (χ1) is 8.24. The molecular formula is C10H14. The average molecular weight is 143 g/mol. The molecule has 0 aliphatic rings. The van der Waals surface area contributed by atoms with Crippen molar-refractivity contribution in [3.8, 4) is 0 Å². The van der Waals surface area contributed by atoms with Crippen molar-refractivity contribution in [1.82, 2.24) is 0 Å². The van der Waals surface area contributed by atoms with E-state index in [2.05, 4.69) is 0 Å². The Morgan fingerprint density at radius 2 is 1.90 bits per heavy atom. The molecule has 0 heterocycles. The molecule has 0 heteroatoms. The molecule has 54 valence electrons. The van der Waals surface area contributed by atoms with Gasteiger partial charge in [0.2, 0.25) is 0 Å². The van der Waals surface area contributed by atoms with Crippen molar-refractivity contribution in [3.05, 3.63) is 34.4 Å². The minimum absolute atomic E-state index is 0.153. The highest BCUT2D eigenvalue weighted by Crippen LogP contribution is 2.13. The summed E-state index contributed by atoms with van der Waals surface area (Å²) >= 11 is 0. The van der Waals surface area contributed by atoms with Crippen LogP contribution >= 0.6 is 0 Å². The van der Waals surface area contributed by atoms with Crippen LogP contribution in [0.2, 0.25) is 0 Å². The first-order valence-electron chi connectivity index (χ1n) is 7.40. The van der Waals surface area contributed by atoms with E-state index in [9.17, 15) is 0 Å². The Bertz CT molecular complexity index is 475. The third-order valence-electron chi connectivity index (χ3n) is 1.34.